The molecule has 0 aliphatic carbocycles. The molecule has 0 aromatic heterocycles. The third-order valence-electron chi connectivity index (χ3n) is 1.87. The largest absolute Gasteiger partial charge is 0.573 e. The van der Waals surface area contributed by atoms with E-state index in [9.17, 15) is 13.2 Å². The van der Waals surface area contributed by atoms with Crippen molar-refractivity contribution in [3.63, 3.8) is 0 Å². The molecule has 0 fully saturated rings. The normalized spacial score (nSPS) is 11.1. The number of methoxy groups -OCH3 is 2. The first-order valence-electron chi connectivity index (χ1n) is 4.35. The Kier molecular flexibility index (Phi) is 3.51. The highest BCUT2D eigenvalue weighted by molar-refractivity contribution is 5.51. The summed E-state index contributed by atoms with van der Waals surface area (Å²) in [7, 11) is 2.75. The molecule has 1 aromatic carbocycles. The van der Waals surface area contributed by atoms with Gasteiger partial charge in [0.25, 0.3) is 0 Å². The molecule has 0 N–H and O–H groups in total. The lowest BCUT2D eigenvalue weighted by Gasteiger charge is -2.14. The second kappa shape index (κ2) is 4.51. The number of hydrogen-bond donors (Lipinski definition) is 0. The molecular formula is C10H11F3O3. The molecule has 16 heavy (non-hydrogen) atoms. The first-order valence-corrected chi connectivity index (χ1v) is 4.35. The highest BCUT2D eigenvalue weighted by Gasteiger charge is 2.31. The van der Waals surface area contributed by atoms with Crippen LogP contribution in [-0.4, -0.2) is 20.6 Å². The maximum Gasteiger partial charge on any atom is 0.573 e. The van der Waals surface area contributed by atoms with Gasteiger partial charge in [-0.2, -0.15) is 0 Å². The zero-order chi connectivity index (χ0) is 12.3. The van der Waals surface area contributed by atoms with Crippen molar-refractivity contribution >= 4 is 0 Å². The quantitative estimate of drug-likeness (QED) is 0.807. The highest BCUT2D eigenvalue weighted by atomic mass is 19.4. The number of halogens is 3. The Morgan fingerprint density at radius 1 is 1.06 bits per heavy atom. The molecule has 0 bridgehead atoms. The van der Waals surface area contributed by atoms with E-state index in [2.05, 4.69) is 4.74 Å². The van der Waals surface area contributed by atoms with Crippen molar-refractivity contribution in [3.8, 4) is 17.2 Å². The molecule has 0 saturated carbocycles. The van der Waals surface area contributed by atoms with E-state index in [1.165, 1.54) is 20.3 Å². The van der Waals surface area contributed by atoms with Crippen LogP contribution in [0.25, 0.3) is 0 Å². The number of ether oxygens (including phenoxy) is 3. The fourth-order valence-electron chi connectivity index (χ4n) is 1.32. The predicted molar refractivity (Wildman–Crippen MR) is 51.0 cm³/mol. The number of rotatable bonds is 3. The van der Waals surface area contributed by atoms with E-state index in [0.29, 0.717) is 11.3 Å². The van der Waals surface area contributed by atoms with Gasteiger partial charge in [0.15, 0.2) is 11.5 Å². The molecule has 0 aliphatic rings. The van der Waals surface area contributed by atoms with Crippen molar-refractivity contribution in [2.75, 3.05) is 14.2 Å². The zero-order valence-electron chi connectivity index (χ0n) is 9.01. The third-order valence-corrected chi connectivity index (χ3v) is 1.87. The van der Waals surface area contributed by atoms with E-state index in [1.54, 1.807) is 6.92 Å². The molecule has 0 radical (unpaired) electrons. The smallest absolute Gasteiger partial charge is 0.493 e. The van der Waals surface area contributed by atoms with Crippen molar-refractivity contribution in [2.45, 2.75) is 13.3 Å². The van der Waals surface area contributed by atoms with E-state index in [1.807, 2.05) is 0 Å². The summed E-state index contributed by atoms with van der Waals surface area (Å²) in [6.07, 6.45) is -4.72. The van der Waals surface area contributed by atoms with Gasteiger partial charge in [-0.3, -0.25) is 0 Å². The van der Waals surface area contributed by atoms with Crippen LogP contribution in [0.2, 0.25) is 0 Å². The maximum absolute atomic E-state index is 12.0. The fourth-order valence-corrected chi connectivity index (χ4v) is 1.32. The fraction of sp³-hybridized carbons (Fsp3) is 0.400. The molecule has 0 saturated heterocycles. The Balaban J connectivity index is 3.10. The van der Waals surface area contributed by atoms with E-state index >= 15 is 0 Å². The van der Waals surface area contributed by atoms with Crippen LogP contribution in [0.15, 0.2) is 12.1 Å². The van der Waals surface area contributed by atoms with Crippen LogP contribution in [0.5, 0.6) is 17.2 Å². The van der Waals surface area contributed by atoms with Crippen LogP contribution in [0.4, 0.5) is 13.2 Å². The van der Waals surface area contributed by atoms with E-state index in [-0.39, 0.29) is 11.5 Å². The molecule has 0 aliphatic heterocycles. The Morgan fingerprint density at radius 3 is 2.12 bits per heavy atom. The van der Waals surface area contributed by atoms with Crippen LogP contribution in [0.3, 0.4) is 0 Å². The minimum absolute atomic E-state index is 0.196. The van der Waals surface area contributed by atoms with Gasteiger partial charge >= 0.3 is 6.36 Å². The average molecular weight is 236 g/mol. The zero-order valence-corrected chi connectivity index (χ0v) is 9.01. The Morgan fingerprint density at radius 2 is 1.69 bits per heavy atom. The van der Waals surface area contributed by atoms with Gasteiger partial charge in [0.05, 0.1) is 14.2 Å². The van der Waals surface area contributed by atoms with Crippen molar-refractivity contribution < 1.29 is 27.4 Å². The topological polar surface area (TPSA) is 27.7 Å². The number of benzene rings is 1. The Labute approximate surface area is 90.7 Å². The first-order chi connectivity index (χ1) is 7.37. The van der Waals surface area contributed by atoms with Crippen LogP contribution < -0.4 is 14.2 Å². The SMILES string of the molecule is COc1cc(OC(F)(F)F)cc(C)c1OC. The molecule has 0 spiro atoms. The van der Waals surface area contributed by atoms with Gasteiger partial charge < -0.3 is 14.2 Å². The molecule has 0 unspecified atom stereocenters. The summed E-state index contributed by atoms with van der Waals surface area (Å²) in [5.41, 5.74) is 0.501. The van der Waals surface area contributed by atoms with E-state index in [0.717, 1.165) is 6.07 Å². The van der Waals surface area contributed by atoms with Gasteiger partial charge in [-0.1, -0.05) is 0 Å². The summed E-state index contributed by atoms with van der Waals surface area (Å²) in [5.74, 6) is 0.251. The lowest BCUT2D eigenvalue weighted by Crippen LogP contribution is -2.17. The molecule has 0 atom stereocenters. The third kappa shape index (κ3) is 2.95. The van der Waals surface area contributed by atoms with Gasteiger partial charge in [-0.25, -0.2) is 0 Å². The van der Waals surface area contributed by atoms with Crippen LogP contribution in [-0.2, 0) is 0 Å². The summed E-state index contributed by atoms with van der Waals surface area (Å²) in [5, 5.41) is 0. The Bertz CT molecular complexity index is 374. The minimum atomic E-state index is -4.72. The van der Waals surface area contributed by atoms with Gasteiger partial charge in [-0.05, 0) is 18.6 Å². The summed E-state index contributed by atoms with van der Waals surface area (Å²) in [4.78, 5) is 0. The van der Waals surface area contributed by atoms with Gasteiger partial charge in [-0.15, -0.1) is 13.2 Å². The van der Waals surface area contributed by atoms with Crippen molar-refractivity contribution in [2.24, 2.45) is 0 Å². The molecule has 3 nitrogen and oxygen atoms in total. The summed E-state index contributed by atoms with van der Waals surface area (Å²) in [6, 6.07) is 2.36. The van der Waals surface area contributed by atoms with Crippen LogP contribution in [0.1, 0.15) is 5.56 Å². The molecule has 1 rings (SSSR count). The number of aryl methyl sites for hydroxylation is 1. The first kappa shape index (κ1) is 12.5. The molecule has 90 valence electrons. The molecule has 0 amide bonds. The molecule has 0 heterocycles. The standard InChI is InChI=1S/C10H11F3O3/c1-6-4-7(16-10(11,12)13)5-8(14-2)9(6)15-3/h4-5H,1-3H3. The lowest BCUT2D eigenvalue weighted by molar-refractivity contribution is -0.274. The molecular weight excluding hydrogens is 225 g/mol. The van der Waals surface area contributed by atoms with Gasteiger partial charge in [0.1, 0.15) is 5.75 Å². The maximum atomic E-state index is 12.0. The summed E-state index contributed by atoms with van der Waals surface area (Å²) >= 11 is 0. The number of hydrogen-bond acceptors (Lipinski definition) is 3. The van der Waals surface area contributed by atoms with Gasteiger partial charge in [0.2, 0.25) is 0 Å². The molecule has 6 heteroatoms. The van der Waals surface area contributed by atoms with Crippen molar-refractivity contribution in [1.82, 2.24) is 0 Å². The van der Waals surface area contributed by atoms with E-state index < -0.39 is 6.36 Å². The van der Waals surface area contributed by atoms with Crippen molar-refractivity contribution in [3.05, 3.63) is 17.7 Å². The highest BCUT2D eigenvalue weighted by Crippen LogP contribution is 2.36. The van der Waals surface area contributed by atoms with Gasteiger partial charge in [0, 0.05) is 6.07 Å². The minimum Gasteiger partial charge on any atom is -0.493 e. The monoisotopic (exact) mass is 236 g/mol. The Hall–Kier alpha value is -1.59. The average Bonchev–Trinajstić information content (AvgIpc) is 2.14. The predicted octanol–water partition coefficient (Wildman–Crippen LogP) is 2.91. The molecule has 1 aromatic rings. The number of alkyl halides is 3. The summed E-state index contributed by atoms with van der Waals surface area (Å²) in [6.45, 7) is 1.60. The second-order valence-corrected chi connectivity index (χ2v) is 3.02. The summed E-state index contributed by atoms with van der Waals surface area (Å²) < 4.78 is 49.7. The van der Waals surface area contributed by atoms with Crippen LogP contribution in [0, 0.1) is 6.92 Å². The van der Waals surface area contributed by atoms with Crippen molar-refractivity contribution in [1.29, 1.82) is 0 Å². The lowest BCUT2D eigenvalue weighted by atomic mass is 10.2. The second-order valence-electron chi connectivity index (χ2n) is 3.02. The van der Waals surface area contributed by atoms with E-state index in [4.69, 9.17) is 9.47 Å². The van der Waals surface area contributed by atoms with Crippen LogP contribution >= 0.6 is 0 Å².